The number of anilines is 1. The molecule has 0 aromatic heterocycles. The Morgan fingerprint density at radius 2 is 1.68 bits per heavy atom. The van der Waals surface area contributed by atoms with Gasteiger partial charge in [-0.1, -0.05) is 48.7 Å². The molecule has 1 fully saturated rings. The summed E-state index contributed by atoms with van der Waals surface area (Å²) in [5.74, 6) is 0. The van der Waals surface area contributed by atoms with Gasteiger partial charge in [-0.2, -0.15) is 0 Å². The topological polar surface area (TPSA) is 58.2 Å². The fourth-order valence-electron chi connectivity index (χ4n) is 3.51. The summed E-state index contributed by atoms with van der Waals surface area (Å²) in [6.45, 7) is 3.96. The van der Waals surface area contributed by atoms with E-state index in [1.165, 1.54) is 0 Å². The zero-order valence-electron chi connectivity index (χ0n) is 14.8. The molecule has 1 saturated carbocycles. The molecule has 25 heavy (non-hydrogen) atoms. The number of para-hydroxylation sites is 1. The van der Waals surface area contributed by atoms with Crippen LogP contribution in [0.25, 0.3) is 0 Å². The lowest BCUT2D eigenvalue weighted by molar-refractivity contribution is 0.266. The summed E-state index contributed by atoms with van der Waals surface area (Å²) in [5.41, 5.74) is 1.55. The SMILES string of the molecule is Cc1ccc(S(=O)(=O)N[C@]2(C)CCCC[C@H]2Nc2ccccc2)cc1. The average molecular weight is 359 g/mol. The molecule has 2 atom stereocenters. The molecule has 2 N–H and O–H groups in total. The van der Waals surface area contributed by atoms with E-state index in [2.05, 4.69) is 10.0 Å². The van der Waals surface area contributed by atoms with Gasteiger partial charge in [-0.3, -0.25) is 0 Å². The van der Waals surface area contributed by atoms with Crippen molar-refractivity contribution in [1.82, 2.24) is 4.72 Å². The quantitative estimate of drug-likeness (QED) is 0.846. The highest BCUT2D eigenvalue weighted by Gasteiger charge is 2.40. The number of sulfonamides is 1. The number of hydrogen-bond donors (Lipinski definition) is 2. The highest BCUT2D eigenvalue weighted by molar-refractivity contribution is 7.89. The van der Waals surface area contributed by atoms with Crippen LogP contribution >= 0.6 is 0 Å². The summed E-state index contributed by atoms with van der Waals surface area (Å²) >= 11 is 0. The lowest BCUT2D eigenvalue weighted by Crippen LogP contribution is -2.58. The van der Waals surface area contributed by atoms with Crippen molar-refractivity contribution in [2.45, 2.75) is 56.0 Å². The van der Waals surface area contributed by atoms with E-state index in [0.29, 0.717) is 4.90 Å². The van der Waals surface area contributed by atoms with Crippen LogP contribution in [-0.2, 0) is 10.0 Å². The molecule has 4 nitrogen and oxygen atoms in total. The number of nitrogens with one attached hydrogen (secondary N) is 2. The lowest BCUT2D eigenvalue weighted by atomic mass is 9.79. The monoisotopic (exact) mass is 358 g/mol. The number of aryl methyl sites for hydroxylation is 1. The van der Waals surface area contributed by atoms with Gasteiger partial charge in [-0.15, -0.1) is 0 Å². The minimum atomic E-state index is -3.55. The molecule has 1 aliphatic rings. The minimum absolute atomic E-state index is 0.0591. The van der Waals surface area contributed by atoms with E-state index in [-0.39, 0.29) is 6.04 Å². The molecule has 5 heteroatoms. The van der Waals surface area contributed by atoms with Gasteiger partial charge < -0.3 is 5.32 Å². The van der Waals surface area contributed by atoms with Gasteiger partial charge in [0.05, 0.1) is 10.4 Å². The van der Waals surface area contributed by atoms with Gasteiger partial charge in [0.15, 0.2) is 0 Å². The van der Waals surface area contributed by atoms with E-state index in [0.717, 1.165) is 36.9 Å². The van der Waals surface area contributed by atoms with E-state index in [1.54, 1.807) is 12.1 Å². The predicted octanol–water partition coefficient (Wildman–Crippen LogP) is 4.09. The van der Waals surface area contributed by atoms with E-state index in [1.807, 2.05) is 56.3 Å². The molecule has 0 unspecified atom stereocenters. The first-order valence-corrected chi connectivity index (χ1v) is 10.3. The van der Waals surface area contributed by atoms with Crippen molar-refractivity contribution in [2.24, 2.45) is 0 Å². The third-order valence-electron chi connectivity index (χ3n) is 5.02. The van der Waals surface area contributed by atoms with Crippen LogP contribution in [0.5, 0.6) is 0 Å². The molecule has 0 radical (unpaired) electrons. The second kappa shape index (κ2) is 7.18. The van der Waals surface area contributed by atoms with Gasteiger partial charge in [-0.25, -0.2) is 13.1 Å². The van der Waals surface area contributed by atoms with Gasteiger partial charge >= 0.3 is 0 Å². The van der Waals surface area contributed by atoms with Crippen molar-refractivity contribution in [3.63, 3.8) is 0 Å². The highest BCUT2D eigenvalue weighted by Crippen LogP contribution is 2.32. The van der Waals surface area contributed by atoms with E-state index < -0.39 is 15.6 Å². The smallest absolute Gasteiger partial charge is 0.241 e. The molecular weight excluding hydrogens is 332 g/mol. The van der Waals surface area contributed by atoms with Crippen molar-refractivity contribution in [1.29, 1.82) is 0 Å². The first-order valence-electron chi connectivity index (χ1n) is 8.81. The van der Waals surface area contributed by atoms with Crippen molar-refractivity contribution < 1.29 is 8.42 Å². The summed E-state index contributed by atoms with van der Waals surface area (Å²) in [4.78, 5) is 0.323. The van der Waals surface area contributed by atoms with E-state index in [4.69, 9.17) is 0 Å². The Kier molecular flexibility index (Phi) is 5.16. The average Bonchev–Trinajstić information content (AvgIpc) is 2.58. The first-order chi connectivity index (χ1) is 11.9. The van der Waals surface area contributed by atoms with Crippen LogP contribution in [0.2, 0.25) is 0 Å². The van der Waals surface area contributed by atoms with Crippen molar-refractivity contribution in [3.05, 3.63) is 60.2 Å². The fraction of sp³-hybridized carbons (Fsp3) is 0.400. The summed E-state index contributed by atoms with van der Waals surface area (Å²) in [7, 11) is -3.55. The second-order valence-electron chi connectivity index (χ2n) is 7.14. The zero-order valence-corrected chi connectivity index (χ0v) is 15.6. The minimum Gasteiger partial charge on any atom is -0.380 e. The maximum absolute atomic E-state index is 12.9. The predicted molar refractivity (Wildman–Crippen MR) is 102 cm³/mol. The molecule has 0 aliphatic heterocycles. The molecule has 134 valence electrons. The third kappa shape index (κ3) is 4.22. The van der Waals surface area contributed by atoms with E-state index >= 15 is 0 Å². The summed E-state index contributed by atoms with van der Waals surface area (Å²) in [5, 5.41) is 3.53. The molecule has 0 spiro atoms. The van der Waals surface area contributed by atoms with Gasteiger partial charge in [0.2, 0.25) is 10.0 Å². The van der Waals surface area contributed by atoms with Crippen LogP contribution in [0.15, 0.2) is 59.5 Å². The lowest BCUT2D eigenvalue weighted by Gasteiger charge is -2.42. The summed E-state index contributed by atoms with van der Waals surface area (Å²) in [6, 6.07) is 17.0. The molecule has 0 bridgehead atoms. The Balaban J connectivity index is 1.83. The Labute approximate surface area is 150 Å². The van der Waals surface area contributed by atoms with Crippen LogP contribution in [0.1, 0.15) is 38.2 Å². The first kappa shape index (κ1) is 18.0. The summed E-state index contributed by atoms with van der Waals surface area (Å²) < 4.78 is 28.7. The number of benzene rings is 2. The van der Waals surface area contributed by atoms with Crippen LogP contribution in [0.4, 0.5) is 5.69 Å². The van der Waals surface area contributed by atoms with Gasteiger partial charge in [-0.05, 0) is 51.0 Å². The Bertz CT molecular complexity index is 803. The summed E-state index contributed by atoms with van der Waals surface area (Å²) in [6.07, 6.45) is 3.90. The Morgan fingerprint density at radius 1 is 1.00 bits per heavy atom. The zero-order chi connectivity index (χ0) is 17.9. The maximum Gasteiger partial charge on any atom is 0.241 e. The number of hydrogen-bond acceptors (Lipinski definition) is 3. The molecule has 0 amide bonds. The van der Waals surface area contributed by atoms with Crippen LogP contribution in [0.3, 0.4) is 0 Å². The standard InChI is InChI=1S/C20H26N2O2S/c1-16-11-13-18(14-12-16)25(23,24)22-20(2)15-7-6-10-19(20)21-17-8-4-3-5-9-17/h3-5,8-9,11-14,19,21-22H,6-7,10,15H2,1-2H3/t19-,20-/m1/s1. The molecular formula is C20H26N2O2S. The number of rotatable bonds is 5. The van der Waals surface area contributed by atoms with Crippen molar-refractivity contribution >= 4 is 15.7 Å². The molecule has 2 aromatic carbocycles. The van der Waals surface area contributed by atoms with Crippen LogP contribution in [-0.4, -0.2) is 20.0 Å². The van der Waals surface area contributed by atoms with Crippen molar-refractivity contribution in [3.8, 4) is 0 Å². The Hall–Kier alpha value is -1.85. The normalized spacial score (nSPS) is 24.0. The third-order valence-corrected chi connectivity index (χ3v) is 6.65. The van der Waals surface area contributed by atoms with Gasteiger partial charge in [0, 0.05) is 11.7 Å². The van der Waals surface area contributed by atoms with Gasteiger partial charge in [0.1, 0.15) is 0 Å². The Morgan fingerprint density at radius 3 is 2.36 bits per heavy atom. The molecule has 3 rings (SSSR count). The fourth-order valence-corrected chi connectivity index (χ4v) is 4.98. The van der Waals surface area contributed by atoms with Crippen LogP contribution in [0, 0.1) is 6.92 Å². The second-order valence-corrected chi connectivity index (χ2v) is 8.83. The molecule has 0 saturated heterocycles. The molecule has 0 heterocycles. The molecule has 2 aromatic rings. The largest absolute Gasteiger partial charge is 0.380 e. The van der Waals surface area contributed by atoms with Gasteiger partial charge in [0.25, 0.3) is 0 Å². The van der Waals surface area contributed by atoms with E-state index in [9.17, 15) is 8.42 Å². The highest BCUT2D eigenvalue weighted by atomic mass is 32.2. The maximum atomic E-state index is 12.9. The van der Waals surface area contributed by atoms with Crippen molar-refractivity contribution in [2.75, 3.05) is 5.32 Å². The molecule has 1 aliphatic carbocycles. The van der Waals surface area contributed by atoms with Crippen LogP contribution < -0.4 is 10.0 Å².